The van der Waals surface area contributed by atoms with Gasteiger partial charge in [0, 0.05) is 11.1 Å². The Kier molecular flexibility index (Phi) is 4.98. The molecule has 0 amide bonds. The van der Waals surface area contributed by atoms with Crippen LogP contribution in [0.3, 0.4) is 0 Å². The van der Waals surface area contributed by atoms with Crippen LogP contribution < -0.4 is 10.6 Å². The van der Waals surface area contributed by atoms with Crippen LogP contribution in [0.15, 0.2) is 24.4 Å². The van der Waals surface area contributed by atoms with E-state index in [-0.39, 0.29) is 0 Å². The predicted molar refractivity (Wildman–Crippen MR) is 82.9 cm³/mol. The number of hydrogen-bond donors (Lipinski definition) is 2. The largest absolute Gasteiger partial charge is 0.366 e. The van der Waals surface area contributed by atoms with E-state index in [2.05, 4.69) is 39.7 Å². The van der Waals surface area contributed by atoms with Gasteiger partial charge in [0.15, 0.2) is 5.82 Å². The van der Waals surface area contributed by atoms with Crippen molar-refractivity contribution in [3.63, 3.8) is 0 Å². The van der Waals surface area contributed by atoms with Crippen LogP contribution in [0.5, 0.6) is 0 Å². The van der Waals surface area contributed by atoms with Gasteiger partial charge in [0.05, 0.1) is 16.9 Å². The molecule has 1 aromatic heterocycles. The van der Waals surface area contributed by atoms with Crippen molar-refractivity contribution in [1.29, 1.82) is 0 Å². The number of nitrogens with zero attached hydrogens (tertiary/aromatic N) is 3. The van der Waals surface area contributed by atoms with Crippen molar-refractivity contribution in [2.45, 2.75) is 26.3 Å². The molecule has 20 heavy (non-hydrogen) atoms. The zero-order valence-corrected chi connectivity index (χ0v) is 12.7. The molecule has 0 aliphatic carbocycles. The standard InChI is InChI=1S/C13H15Cl2N5/c1-3-8(2)17-12-7-16-20-13(19-12)18-11-5-4-9(14)6-10(11)15/h4-8H,3H2,1-2H3,(H2,17,18,19,20). The normalized spacial score (nSPS) is 12.0. The molecule has 0 fully saturated rings. The SMILES string of the molecule is CCC(C)Nc1cnnc(Nc2ccc(Cl)cc2Cl)n1. The lowest BCUT2D eigenvalue weighted by Crippen LogP contribution is -2.15. The first-order valence-electron chi connectivity index (χ1n) is 6.27. The predicted octanol–water partition coefficient (Wildman–Crippen LogP) is 4.13. The second-order valence-electron chi connectivity index (χ2n) is 4.37. The van der Waals surface area contributed by atoms with Gasteiger partial charge in [0.2, 0.25) is 5.95 Å². The van der Waals surface area contributed by atoms with E-state index in [4.69, 9.17) is 23.2 Å². The molecule has 1 heterocycles. The van der Waals surface area contributed by atoms with Gasteiger partial charge in [-0.2, -0.15) is 10.1 Å². The molecule has 0 radical (unpaired) electrons. The average molecular weight is 312 g/mol. The lowest BCUT2D eigenvalue weighted by molar-refractivity contribution is 0.755. The highest BCUT2D eigenvalue weighted by Gasteiger charge is 2.06. The maximum Gasteiger partial charge on any atom is 0.249 e. The average Bonchev–Trinajstić information content (AvgIpc) is 2.42. The number of anilines is 3. The molecule has 1 aromatic carbocycles. The molecule has 7 heteroatoms. The van der Waals surface area contributed by atoms with Gasteiger partial charge in [-0.25, -0.2) is 0 Å². The highest BCUT2D eigenvalue weighted by Crippen LogP contribution is 2.27. The molecule has 1 unspecified atom stereocenters. The summed E-state index contributed by atoms with van der Waals surface area (Å²) in [7, 11) is 0. The Labute approximate surface area is 127 Å². The molecule has 5 nitrogen and oxygen atoms in total. The van der Waals surface area contributed by atoms with Crippen molar-refractivity contribution in [1.82, 2.24) is 15.2 Å². The maximum atomic E-state index is 6.09. The van der Waals surface area contributed by atoms with Crippen molar-refractivity contribution < 1.29 is 0 Å². The summed E-state index contributed by atoms with van der Waals surface area (Å²) in [6.07, 6.45) is 2.58. The van der Waals surface area contributed by atoms with Gasteiger partial charge in [-0.15, -0.1) is 5.10 Å². The van der Waals surface area contributed by atoms with Crippen LogP contribution in [0.4, 0.5) is 17.5 Å². The molecular weight excluding hydrogens is 297 g/mol. The van der Waals surface area contributed by atoms with Gasteiger partial charge in [0.25, 0.3) is 0 Å². The second kappa shape index (κ2) is 6.72. The Morgan fingerprint density at radius 3 is 2.80 bits per heavy atom. The van der Waals surface area contributed by atoms with Crippen LogP contribution in [0, 0.1) is 0 Å². The number of nitrogens with one attached hydrogen (secondary N) is 2. The maximum absolute atomic E-state index is 6.09. The monoisotopic (exact) mass is 311 g/mol. The first-order valence-corrected chi connectivity index (χ1v) is 7.02. The Hall–Kier alpha value is -1.59. The molecule has 0 saturated heterocycles. The van der Waals surface area contributed by atoms with E-state index in [1.807, 2.05) is 0 Å². The minimum Gasteiger partial charge on any atom is -0.366 e. The van der Waals surface area contributed by atoms with Gasteiger partial charge in [0.1, 0.15) is 0 Å². The Bertz CT molecular complexity index is 591. The third kappa shape index (κ3) is 3.95. The fraction of sp³-hybridized carbons (Fsp3) is 0.308. The quantitative estimate of drug-likeness (QED) is 0.869. The number of aromatic nitrogens is 3. The van der Waals surface area contributed by atoms with Crippen LogP contribution in [0.2, 0.25) is 10.0 Å². The summed E-state index contributed by atoms with van der Waals surface area (Å²) in [6.45, 7) is 4.17. The lowest BCUT2D eigenvalue weighted by Gasteiger charge is -2.12. The summed E-state index contributed by atoms with van der Waals surface area (Å²) in [5, 5.41) is 15.2. The first kappa shape index (κ1) is 14.8. The Balaban J connectivity index is 2.15. The smallest absolute Gasteiger partial charge is 0.249 e. The summed E-state index contributed by atoms with van der Waals surface area (Å²) in [4.78, 5) is 4.33. The summed E-state index contributed by atoms with van der Waals surface area (Å²) in [6, 6.07) is 5.48. The van der Waals surface area contributed by atoms with Crippen LogP contribution >= 0.6 is 23.2 Å². The van der Waals surface area contributed by atoms with Crippen molar-refractivity contribution in [3.05, 3.63) is 34.4 Å². The van der Waals surface area contributed by atoms with E-state index in [9.17, 15) is 0 Å². The topological polar surface area (TPSA) is 62.7 Å². The van der Waals surface area contributed by atoms with E-state index in [1.54, 1.807) is 24.4 Å². The molecule has 2 N–H and O–H groups in total. The van der Waals surface area contributed by atoms with Gasteiger partial charge < -0.3 is 10.6 Å². The summed E-state index contributed by atoms with van der Waals surface area (Å²) in [5.41, 5.74) is 0.679. The molecule has 0 aliphatic heterocycles. The minimum atomic E-state index is 0.318. The van der Waals surface area contributed by atoms with E-state index in [0.29, 0.717) is 33.5 Å². The zero-order chi connectivity index (χ0) is 14.5. The fourth-order valence-electron chi connectivity index (χ4n) is 1.49. The summed E-state index contributed by atoms with van der Waals surface area (Å²) < 4.78 is 0. The highest BCUT2D eigenvalue weighted by atomic mass is 35.5. The van der Waals surface area contributed by atoms with Crippen molar-refractivity contribution >= 4 is 40.7 Å². The van der Waals surface area contributed by atoms with Gasteiger partial charge >= 0.3 is 0 Å². The molecule has 0 aliphatic rings. The van der Waals surface area contributed by atoms with Gasteiger partial charge in [-0.1, -0.05) is 30.1 Å². The van der Waals surface area contributed by atoms with Crippen LogP contribution in [-0.4, -0.2) is 21.2 Å². The second-order valence-corrected chi connectivity index (χ2v) is 5.21. The number of benzene rings is 1. The summed E-state index contributed by atoms with van der Waals surface area (Å²) >= 11 is 11.9. The first-order chi connectivity index (χ1) is 9.58. The van der Waals surface area contributed by atoms with E-state index >= 15 is 0 Å². The third-order valence-electron chi connectivity index (χ3n) is 2.74. The molecule has 1 atom stereocenters. The van der Waals surface area contributed by atoms with Gasteiger partial charge in [-0.3, -0.25) is 0 Å². The van der Waals surface area contributed by atoms with Crippen LogP contribution in [0.1, 0.15) is 20.3 Å². The Morgan fingerprint density at radius 2 is 2.10 bits per heavy atom. The Morgan fingerprint density at radius 1 is 1.30 bits per heavy atom. The number of rotatable bonds is 5. The molecule has 2 rings (SSSR count). The van der Waals surface area contributed by atoms with E-state index in [1.165, 1.54) is 0 Å². The molecule has 0 bridgehead atoms. The van der Waals surface area contributed by atoms with E-state index in [0.717, 1.165) is 6.42 Å². The summed E-state index contributed by atoms with van der Waals surface area (Å²) in [5.74, 6) is 1.05. The number of halogens is 2. The van der Waals surface area contributed by atoms with Crippen molar-refractivity contribution in [2.75, 3.05) is 10.6 Å². The zero-order valence-electron chi connectivity index (χ0n) is 11.2. The third-order valence-corrected chi connectivity index (χ3v) is 3.29. The van der Waals surface area contributed by atoms with Crippen molar-refractivity contribution in [3.8, 4) is 0 Å². The van der Waals surface area contributed by atoms with E-state index < -0.39 is 0 Å². The lowest BCUT2D eigenvalue weighted by atomic mass is 10.3. The fourth-order valence-corrected chi connectivity index (χ4v) is 1.95. The number of hydrogen-bond acceptors (Lipinski definition) is 5. The van der Waals surface area contributed by atoms with Gasteiger partial charge in [-0.05, 0) is 31.5 Å². The van der Waals surface area contributed by atoms with Crippen LogP contribution in [-0.2, 0) is 0 Å². The molecule has 0 saturated carbocycles. The highest BCUT2D eigenvalue weighted by molar-refractivity contribution is 6.36. The minimum absolute atomic E-state index is 0.318. The molecule has 106 valence electrons. The van der Waals surface area contributed by atoms with Crippen LogP contribution in [0.25, 0.3) is 0 Å². The van der Waals surface area contributed by atoms with Crippen molar-refractivity contribution in [2.24, 2.45) is 0 Å². The molecule has 2 aromatic rings. The molecule has 0 spiro atoms. The molecular formula is C13H15Cl2N5.